The van der Waals surface area contributed by atoms with Crippen LogP contribution in [0.25, 0.3) is 22.2 Å². The number of methoxy groups -OCH3 is 1. The first-order chi connectivity index (χ1) is 21.6. The number of fused-ring (bicyclic) bond motifs is 2. The molecule has 2 aromatic heterocycles. The lowest BCUT2D eigenvalue weighted by Gasteiger charge is -2.31. The van der Waals surface area contributed by atoms with Crippen molar-refractivity contribution in [2.75, 3.05) is 20.3 Å². The number of pyridine rings is 1. The van der Waals surface area contributed by atoms with Crippen molar-refractivity contribution in [3.63, 3.8) is 0 Å². The highest BCUT2D eigenvalue weighted by molar-refractivity contribution is 6.00. The maximum atomic E-state index is 14.9. The Morgan fingerprint density at radius 1 is 1.13 bits per heavy atom. The smallest absolute Gasteiger partial charge is 0.424 e. The van der Waals surface area contributed by atoms with Crippen molar-refractivity contribution in [2.45, 2.75) is 43.0 Å². The highest BCUT2D eigenvalue weighted by Gasteiger charge is 2.58. The molecule has 0 radical (unpaired) electrons. The summed E-state index contributed by atoms with van der Waals surface area (Å²) in [4.78, 5) is 29.4. The number of alkyl halides is 3. The fraction of sp³-hybridized carbons (Fsp3) is 0.333. The predicted octanol–water partition coefficient (Wildman–Crippen LogP) is 4.17. The minimum Gasteiger partial charge on any atom is -0.494 e. The lowest BCUT2D eigenvalue weighted by Crippen LogP contribution is -2.51. The van der Waals surface area contributed by atoms with Crippen LogP contribution in [0.2, 0.25) is 0 Å². The lowest BCUT2D eigenvalue weighted by atomic mass is 9.81. The number of amides is 2. The molecule has 10 nitrogen and oxygen atoms in total. The van der Waals surface area contributed by atoms with Crippen molar-refractivity contribution in [1.29, 1.82) is 0 Å². The Bertz CT molecular complexity index is 1930. The molecule has 4 aromatic rings. The van der Waals surface area contributed by atoms with Gasteiger partial charge in [0.1, 0.15) is 40.5 Å². The fourth-order valence-electron chi connectivity index (χ4n) is 5.27. The SMILES string of the molecule is COc1cc(C(=O)NCC(O)(c2cc3c(c(-c4cc(F)c(F)cc4F)n2)OC[C@]3(C)C(N)=O)C(F)(F)F)cc2cn(C3CC3)nc12. The van der Waals surface area contributed by atoms with E-state index in [1.165, 1.54) is 26.2 Å². The largest absolute Gasteiger partial charge is 0.494 e. The van der Waals surface area contributed by atoms with Gasteiger partial charge in [0.25, 0.3) is 5.91 Å². The number of halogens is 6. The molecule has 0 bridgehead atoms. The number of nitrogens with two attached hydrogens (primary N) is 1. The monoisotopic (exact) mass is 649 g/mol. The maximum Gasteiger partial charge on any atom is 0.424 e. The van der Waals surface area contributed by atoms with E-state index in [-0.39, 0.29) is 29.0 Å². The molecule has 3 heterocycles. The Kier molecular flexibility index (Phi) is 7.18. The molecule has 2 atom stereocenters. The van der Waals surface area contributed by atoms with Gasteiger partial charge in [0.2, 0.25) is 11.5 Å². The number of aliphatic hydroxyl groups is 1. The van der Waals surface area contributed by atoms with E-state index in [0.29, 0.717) is 23.0 Å². The van der Waals surface area contributed by atoms with Crippen LogP contribution in [0.1, 0.15) is 47.4 Å². The minimum atomic E-state index is -5.53. The second kappa shape index (κ2) is 10.6. The van der Waals surface area contributed by atoms with Crippen LogP contribution in [0.4, 0.5) is 26.3 Å². The van der Waals surface area contributed by atoms with E-state index in [1.807, 2.05) is 0 Å². The first-order valence-electron chi connectivity index (χ1n) is 13.8. The molecule has 1 aliphatic carbocycles. The Morgan fingerprint density at radius 3 is 2.46 bits per heavy atom. The molecular weight excluding hydrogens is 624 g/mol. The van der Waals surface area contributed by atoms with Crippen molar-refractivity contribution in [3.05, 3.63) is 70.8 Å². The number of hydrogen-bond acceptors (Lipinski definition) is 7. The van der Waals surface area contributed by atoms with Crippen LogP contribution in [-0.2, 0) is 15.8 Å². The molecule has 2 aromatic carbocycles. The summed E-state index contributed by atoms with van der Waals surface area (Å²) in [5, 5.41) is 18.2. The molecule has 1 aliphatic heterocycles. The summed E-state index contributed by atoms with van der Waals surface area (Å²) in [5.74, 6) is -6.85. The first kappa shape index (κ1) is 31.1. The van der Waals surface area contributed by atoms with Gasteiger partial charge in [-0.25, -0.2) is 18.2 Å². The number of carbonyl (C=O) groups excluding carboxylic acids is 2. The van der Waals surface area contributed by atoms with E-state index < -0.39 is 82.3 Å². The van der Waals surface area contributed by atoms with Crippen molar-refractivity contribution >= 4 is 22.7 Å². The molecule has 16 heteroatoms. The van der Waals surface area contributed by atoms with Gasteiger partial charge < -0.3 is 25.6 Å². The Morgan fingerprint density at radius 2 is 1.83 bits per heavy atom. The van der Waals surface area contributed by atoms with E-state index in [0.717, 1.165) is 12.8 Å². The topological polar surface area (TPSA) is 142 Å². The highest BCUT2D eigenvalue weighted by atomic mass is 19.4. The zero-order chi connectivity index (χ0) is 33.3. The summed E-state index contributed by atoms with van der Waals surface area (Å²) < 4.78 is 99.5. The molecule has 1 unspecified atom stereocenters. The zero-order valence-corrected chi connectivity index (χ0v) is 24.1. The quantitative estimate of drug-likeness (QED) is 0.192. The van der Waals surface area contributed by atoms with Crippen molar-refractivity contribution in [3.8, 4) is 22.8 Å². The van der Waals surface area contributed by atoms with Gasteiger partial charge in [0.05, 0.1) is 25.4 Å². The maximum absolute atomic E-state index is 14.9. The van der Waals surface area contributed by atoms with Crippen LogP contribution >= 0.6 is 0 Å². The van der Waals surface area contributed by atoms with Crippen LogP contribution in [0, 0.1) is 17.5 Å². The van der Waals surface area contributed by atoms with E-state index in [2.05, 4.69) is 15.4 Å². The number of nitrogens with zero attached hydrogens (tertiary/aromatic N) is 3. The number of hydrogen-bond donors (Lipinski definition) is 3. The Hall–Kier alpha value is -4.86. The summed E-state index contributed by atoms with van der Waals surface area (Å²) in [7, 11) is 1.34. The third-order valence-electron chi connectivity index (χ3n) is 8.27. The molecule has 2 amide bonds. The third kappa shape index (κ3) is 4.96. The standard InChI is InChI=1S/C30H25F6N5O5/c1-28(27(37)43)12-46-25-17(28)8-22(39-24(25)16-7-19(32)20(33)9-18(16)31)29(44,30(34,35)36)11-38-26(42)13-5-14-10-41(15-3-4-15)40-23(14)21(6-13)45-2/h5-10,15,44H,3-4,11-12H2,1-2H3,(H2,37,43)(H,38,42)/t28-,29?/m0/s1. The lowest BCUT2D eigenvalue weighted by molar-refractivity contribution is -0.265. The summed E-state index contributed by atoms with van der Waals surface area (Å²) in [6.07, 6.45) is -2.00. The predicted molar refractivity (Wildman–Crippen MR) is 148 cm³/mol. The van der Waals surface area contributed by atoms with Crippen molar-refractivity contribution in [1.82, 2.24) is 20.1 Å². The molecule has 0 spiro atoms. The molecule has 6 rings (SSSR count). The molecule has 46 heavy (non-hydrogen) atoms. The van der Waals surface area contributed by atoms with Gasteiger partial charge >= 0.3 is 6.18 Å². The molecule has 242 valence electrons. The number of primary amides is 1. The van der Waals surface area contributed by atoms with Gasteiger partial charge in [0.15, 0.2) is 11.6 Å². The number of carbonyl (C=O) groups is 2. The second-order valence-electron chi connectivity index (χ2n) is 11.5. The summed E-state index contributed by atoms with van der Waals surface area (Å²) in [6.45, 7) is -0.778. The molecule has 4 N–H and O–H groups in total. The van der Waals surface area contributed by atoms with E-state index in [1.54, 1.807) is 10.9 Å². The molecule has 1 fully saturated rings. The second-order valence-corrected chi connectivity index (χ2v) is 11.5. The molecule has 2 aliphatic rings. The molecule has 0 saturated heterocycles. The van der Waals surface area contributed by atoms with Gasteiger partial charge in [-0.3, -0.25) is 14.3 Å². The number of ether oxygens (including phenoxy) is 2. The fourth-order valence-corrected chi connectivity index (χ4v) is 5.27. The average molecular weight is 650 g/mol. The van der Waals surface area contributed by atoms with Gasteiger partial charge in [-0.05, 0) is 44.0 Å². The van der Waals surface area contributed by atoms with Gasteiger partial charge in [0, 0.05) is 34.3 Å². The minimum absolute atomic E-state index is 0.106. The first-order valence-corrected chi connectivity index (χ1v) is 13.8. The Balaban J connectivity index is 1.43. The number of rotatable bonds is 8. The van der Waals surface area contributed by atoms with Crippen molar-refractivity contribution in [2.24, 2.45) is 5.73 Å². The summed E-state index contributed by atoms with van der Waals surface area (Å²) in [6, 6.07) is 4.09. The third-order valence-corrected chi connectivity index (χ3v) is 8.27. The van der Waals surface area contributed by atoms with Crippen LogP contribution in [0.15, 0.2) is 36.5 Å². The van der Waals surface area contributed by atoms with E-state index in [9.17, 15) is 41.0 Å². The number of nitrogens with one attached hydrogen (secondary N) is 1. The van der Waals surface area contributed by atoms with Gasteiger partial charge in [-0.15, -0.1) is 0 Å². The molecule has 1 saturated carbocycles. The average Bonchev–Trinajstić information content (AvgIpc) is 3.67. The molecular formula is C30H25F6N5O5. The van der Waals surface area contributed by atoms with E-state index >= 15 is 0 Å². The van der Waals surface area contributed by atoms with Gasteiger partial charge in [-0.2, -0.15) is 18.3 Å². The van der Waals surface area contributed by atoms with Crippen LogP contribution in [0.5, 0.6) is 11.5 Å². The summed E-state index contributed by atoms with van der Waals surface area (Å²) in [5.41, 5.74) is -2.97. The van der Waals surface area contributed by atoms with E-state index in [4.69, 9.17) is 15.2 Å². The number of aromatic nitrogens is 3. The normalized spacial score (nSPS) is 19.0. The highest BCUT2D eigenvalue weighted by Crippen LogP contribution is 2.48. The Labute approximate surface area is 256 Å². The van der Waals surface area contributed by atoms with Crippen molar-refractivity contribution < 1.29 is 50.5 Å². The number of benzene rings is 2. The zero-order valence-electron chi connectivity index (χ0n) is 24.1. The van der Waals surface area contributed by atoms with Crippen LogP contribution in [-0.4, -0.2) is 58.1 Å². The van der Waals surface area contributed by atoms with Crippen LogP contribution in [0.3, 0.4) is 0 Å². The summed E-state index contributed by atoms with van der Waals surface area (Å²) >= 11 is 0. The van der Waals surface area contributed by atoms with Crippen LogP contribution < -0.4 is 20.5 Å². The van der Waals surface area contributed by atoms with Gasteiger partial charge in [-0.1, -0.05) is 0 Å².